The summed E-state index contributed by atoms with van der Waals surface area (Å²) in [5, 5.41) is 3.23. The fourth-order valence-electron chi connectivity index (χ4n) is 2.00. The number of hydrogen-bond donors (Lipinski definition) is 1. The van der Waals surface area contributed by atoms with Crippen LogP contribution in [0.4, 0.5) is 0 Å². The topological polar surface area (TPSA) is 41.6 Å². The lowest BCUT2D eigenvalue weighted by atomic mass is 10.1. The van der Waals surface area contributed by atoms with Crippen molar-refractivity contribution in [2.45, 2.75) is 19.3 Å². The fraction of sp³-hybridized carbons (Fsp3) is 0.429. The van der Waals surface area contributed by atoms with Gasteiger partial charge in [0.2, 0.25) is 0 Å². The van der Waals surface area contributed by atoms with E-state index < -0.39 is 0 Å². The van der Waals surface area contributed by atoms with Gasteiger partial charge in [0.25, 0.3) is 5.91 Å². The van der Waals surface area contributed by atoms with Crippen LogP contribution in [0.1, 0.15) is 19.3 Å². The number of thiocarbonyl (C=S) groups is 1. The van der Waals surface area contributed by atoms with E-state index in [-0.39, 0.29) is 12.5 Å². The zero-order chi connectivity index (χ0) is 13.5. The van der Waals surface area contributed by atoms with Crippen LogP contribution < -0.4 is 10.1 Å². The number of ether oxygens (including phenoxy) is 1. The van der Waals surface area contributed by atoms with E-state index in [2.05, 4.69) is 5.32 Å². The zero-order valence-electron chi connectivity index (χ0n) is 10.8. The Labute approximate surface area is 118 Å². The Morgan fingerprint density at radius 3 is 2.58 bits per heavy atom. The van der Waals surface area contributed by atoms with Crippen LogP contribution in [0.15, 0.2) is 30.3 Å². The first-order valence-corrected chi connectivity index (χ1v) is 6.93. The third kappa shape index (κ3) is 4.52. The maximum atomic E-state index is 11.7. The van der Waals surface area contributed by atoms with Crippen LogP contribution in [0.25, 0.3) is 0 Å². The van der Waals surface area contributed by atoms with Crippen molar-refractivity contribution in [2.75, 3.05) is 19.7 Å². The van der Waals surface area contributed by atoms with Gasteiger partial charge >= 0.3 is 0 Å². The molecule has 1 aliphatic heterocycles. The first kappa shape index (κ1) is 13.8. The van der Waals surface area contributed by atoms with E-state index >= 15 is 0 Å². The van der Waals surface area contributed by atoms with Gasteiger partial charge in [-0.1, -0.05) is 18.2 Å². The first-order chi connectivity index (χ1) is 9.25. The average Bonchev–Trinajstić information content (AvgIpc) is 2.47. The predicted octanol–water partition coefficient (Wildman–Crippen LogP) is 1.95. The number of rotatable bonds is 3. The Balaban J connectivity index is 1.73. The highest BCUT2D eigenvalue weighted by molar-refractivity contribution is 7.80. The summed E-state index contributed by atoms with van der Waals surface area (Å²) >= 11 is 5.22. The van der Waals surface area contributed by atoms with Crippen molar-refractivity contribution in [3.8, 4) is 5.75 Å². The van der Waals surface area contributed by atoms with Gasteiger partial charge in [-0.2, -0.15) is 0 Å². The van der Waals surface area contributed by atoms with E-state index in [0.29, 0.717) is 10.9 Å². The molecule has 1 aliphatic rings. The Hall–Kier alpha value is -1.62. The molecule has 5 heteroatoms. The normalized spacial score (nSPS) is 14.8. The van der Waals surface area contributed by atoms with Crippen LogP contribution >= 0.6 is 12.2 Å². The molecule has 19 heavy (non-hydrogen) atoms. The van der Waals surface area contributed by atoms with Crippen LogP contribution in [-0.2, 0) is 4.79 Å². The highest BCUT2D eigenvalue weighted by Crippen LogP contribution is 2.09. The minimum atomic E-state index is -0.209. The maximum absolute atomic E-state index is 11.7. The largest absolute Gasteiger partial charge is 0.484 e. The molecule has 2 rings (SSSR count). The maximum Gasteiger partial charge on any atom is 0.264 e. The fourth-order valence-corrected chi connectivity index (χ4v) is 2.29. The van der Waals surface area contributed by atoms with E-state index in [4.69, 9.17) is 17.0 Å². The molecule has 1 heterocycles. The molecule has 0 radical (unpaired) electrons. The minimum Gasteiger partial charge on any atom is -0.484 e. The number of piperidine rings is 1. The van der Waals surface area contributed by atoms with E-state index in [1.807, 2.05) is 35.2 Å². The monoisotopic (exact) mass is 278 g/mol. The predicted molar refractivity (Wildman–Crippen MR) is 78.1 cm³/mol. The van der Waals surface area contributed by atoms with Gasteiger partial charge in [0.1, 0.15) is 5.75 Å². The number of carbonyl (C=O) groups is 1. The first-order valence-electron chi connectivity index (χ1n) is 6.52. The second kappa shape index (κ2) is 7.09. The smallest absolute Gasteiger partial charge is 0.264 e. The van der Waals surface area contributed by atoms with Gasteiger partial charge in [-0.15, -0.1) is 0 Å². The number of benzene rings is 1. The average molecular weight is 278 g/mol. The van der Waals surface area contributed by atoms with Gasteiger partial charge < -0.3 is 15.0 Å². The second-order valence-electron chi connectivity index (χ2n) is 4.50. The molecule has 0 saturated carbocycles. The van der Waals surface area contributed by atoms with Gasteiger partial charge in [0.15, 0.2) is 11.7 Å². The Morgan fingerprint density at radius 1 is 1.21 bits per heavy atom. The third-order valence-electron chi connectivity index (χ3n) is 3.00. The molecular formula is C14H18N2O2S. The molecule has 1 aromatic carbocycles. The lowest BCUT2D eigenvalue weighted by molar-refractivity contribution is -0.121. The van der Waals surface area contributed by atoms with Gasteiger partial charge in [0.05, 0.1) is 0 Å². The van der Waals surface area contributed by atoms with Crippen LogP contribution in [0.2, 0.25) is 0 Å². The number of nitrogens with zero attached hydrogens (tertiary/aromatic N) is 1. The van der Waals surface area contributed by atoms with Crippen molar-refractivity contribution in [3.05, 3.63) is 30.3 Å². The molecule has 102 valence electrons. The molecule has 0 aromatic heterocycles. The van der Waals surface area contributed by atoms with Gasteiger partial charge in [-0.3, -0.25) is 4.79 Å². The quantitative estimate of drug-likeness (QED) is 0.858. The molecule has 0 atom stereocenters. The van der Waals surface area contributed by atoms with Crippen LogP contribution in [0, 0.1) is 0 Å². The summed E-state index contributed by atoms with van der Waals surface area (Å²) in [4.78, 5) is 13.8. The zero-order valence-corrected chi connectivity index (χ0v) is 11.6. The molecule has 1 fully saturated rings. The summed E-state index contributed by atoms with van der Waals surface area (Å²) in [5.74, 6) is 0.473. The number of carbonyl (C=O) groups excluding carboxylic acids is 1. The molecule has 1 saturated heterocycles. The molecule has 0 spiro atoms. The summed E-state index contributed by atoms with van der Waals surface area (Å²) < 4.78 is 5.37. The molecule has 0 unspecified atom stereocenters. The number of hydrogen-bond acceptors (Lipinski definition) is 3. The van der Waals surface area contributed by atoms with Gasteiger partial charge in [-0.05, 0) is 43.6 Å². The standard InChI is InChI=1S/C14H18N2O2S/c17-13(11-18-12-7-3-1-4-8-12)15-14(19)16-9-5-2-6-10-16/h1,3-4,7-8H,2,5-6,9-11H2,(H,15,17,19). The molecule has 1 amide bonds. The van der Waals surface area contributed by atoms with Crippen molar-refractivity contribution in [1.82, 2.24) is 10.2 Å². The summed E-state index contributed by atoms with van der Waals surface area (Å²) in [6.45, 7) is 1.84. The SMILES string of the molecule is O=C(COc1ccccc1)NC(=S)N1CCCCC1. The lowest BCUT2D eigenvalue weighted by Gasteiger charge is -2.28. The van der Waals surface area contributed by atoms with Gasteiger partial charge in [0, 0.05) is 13.1 Å². The molecule has 0 aliphatic carbocycles. The summed E-state index contributed by atoms with van der Waals surface area (Å²) in [7, 11) is 0. The Kier molecular flexibility index (Phi) is 5.15. The number of likely N-dealkylation sites (tertiary alicyclic amines) is 1. The van der Waals surface area contributed by atoms with Crippen molar-refractivity contribution >= 4 is 23.2 Å². The van der Waals surface area contributed by atoms with E-state index in [9.17, 15) is 4.79 Å². The van der Waals surface area contributed by atoms with Crippen LogP contribution in [-0.4, -0.2) is 35.6 Å². The van der Waals surface area contributed by atoms with Crippen molar-refractivity contribution in [1.29, 1.82) is 0 Å². The highest BCUT2D eigenvalue weighted by atomic mass is 32.1. The summed E-state index contributed by atoms with van der Waals surface area (Å²) in [6.07, 6.45) is 3.51. The minimum absolute atomic E-state index is 0.0159. The molecule has 4 nitrogen and oxygen atoms in total. The number of para-hydroxylation sites is 1. The third-order valence-corrected chi connectivity index (χ3v) is 3.36. The van der Waals surface area contributed by atoms with E-state index in [1.54, 1.807) is 0 Å². The lowest BCUT2D eigenvalue weighted by Crippen LogP contribution is -2.46. The molecule has 1 N–H and O–H groups in total. The summed E-state index contributed by atoms with van der Waals surface area (Å²) in [6, 6.07) is 9.27. The van der Waals surface area contributed by atoms with E-state index in [0.717, 1.165) is 25.9 Å². The van der Waals surface area contributed by atoms with Crippen molar-refractivity contribution in [3.63, 3.8) is 0 Å². The van der Waals surface area contributed by atoms with Crippen molar-refractivity contribution in [2.24, 2.45) is 0 Å². The Bertz CT molecular complexity index is 430. The Morgan fingerprint density at radius 2 is 1.89 bits per heavy atom. The van der Waals surface area contributed by atoms with Crippen LogP contribution in [0.3, 0.4) is 0 Å². The molecular weight excluding hydrogens is 260 g/mol. The number of nitrogens with one attached hydrogen (secondary N) is 1. The van der Waals surface area contributed by atoms with Crippen LogP contribution in [0.5, 0.6) is 5.75 Å². The molecule has 1 aromatic rings. The highest BCUT2D eigenvalue weighted by Gasteiger charge is 2.15. The van der Waals surface area contributed by atoms with Gasteiger partial charge in [-0.25, -0.2) is 0 Å². The summed E-state index contributed by atoms with van der Waals surface area (Å²) in [5.41, 5.74) is 0. The number of amides is 1. The molecule has 0 bridgehead atoms. The van der Waals surface area contributed by atoms with Crippen molar-refractivity contribution < 1.29 is 9.53 Å². The van der Waals surface area contributed by atoms with E-state index in [1.165, 1.54) is 6.42 Å². The second-order valence-corrected chi connectivity index (χ2v) is 4.89.